The molecule has 2 heteroatoms. The molecule has 1 nitrogen and oxygen atoms in total. The van der Waals surface area contributed by atoms with Gasteiger partial charge in [0.25, 0.3) is 0 Å². The van der Waals surface area contributed by atoms with E-state index in [1.807, 2.05) is 0 Å². The smallest absolute Gasteiger partial charge is 0.195 e. The Morgan fingerprint density at radius 3 is 2.27 bits per heavy atom. The van der Waals surface area contributed by atoms with Crippen LogP contribution in [0.2, 0.25) is 0 Å². The van der Waals surface area contributed by atoms with Gasteiger partial charge in [-0.15, -0.1) is 0 Å². The van der Waals surface area contributed by atoms with Crippen LogP contribution in [-0.2, 0) is 12.8 Å². The number of benzene rings is 1. The van der Waals surface area contributed by atoms with Crippen molar-refractivity contribution >= 4 is 0 Å². The molecule has 0 radical (unpaired) electrons. The number of allylic oxidation sites excluding steroid dienone is 2. The summed E-state index contributed by atoms with van der Waals surface area (Å²) in [4.78, 5) is 0. The molecule has 1 aromatic carbocycles. The highest BCUT2D eigenvalue weighted by atomic mass is 19.1. The Labute approximate surface area is 133 Å². The summed E-state index contributed by atoms with van der Waals surface area (Å²) in [5.74, 6) is 0.407. The molecule has 2 rings (SSSR count). The van der Waals surface area contributed by atoms with Crippen molar-refractivity contribution in [1.29, 1.82) is 5.26 Å². The Balaban J connectivity index is 1.74. The predicted octanol–water partition coefficient (Wildman–Crippen LogP) is 5.76. The SMILES string of the molecule is CCCc1ccc(CCC2CCC(C=C(F)C#N)CC2)cc1. The summed E-state index contributed by atoms with van der Waals surface area (Å²) in [5.41, 5.74) is 2.86. The van der Waals surface area contributed by atoms with E-state index in [9.17, 15) is 4.39 Å². The molecule has 0 bridgehead atoms. The maximum Gasteiger partial charge on any atom is 0.196 e. The van der Waals surface area contributed by atoms with Crippen molar-refractivity contribution < 1.29 is 4.39 Å². The largest absolute Gasteiger partial charge is 0.196 e. The van der Waals surface area contributed by atoms with E-state index >= 15 is 0 Å². The summed E-state index contributed by atoms with van der Waals surface area (Å²) in [6, 6.07) is 10.6. The van der Waals surface area contributed by atoms with Crippen LogP contribution in [-0.4, -0.2) is 0 Å². The number of aryl methyl sites for hydroxylation is 2. The first-order valence-electron chi connectivity index (χ1n) is 8.56. The second-order valence-corrected chi connectivity index (χ2v) is 6.51. The first-order valence-corrected chi connectivity index (χ1v) is 8.56. The number of hydrogen-bond donors (Lipinski definition) is 0. The van der Waals surface area contributed by atoms with Gasteiger partial charge in [0.2, 0.25) is 0 Å². The van der Waals surface area contributed by atoms with Gasteiger partial charge in [0.15, 0.2) is 5.83 Å². The Morgan fingerprint density at radius 1 is 1.14 bits per heavy atom. The van der Waals surface area contributed by atoms with Crippen molar-refractivity contribution in [3.63, 3.8) is 0 Å². The summed E-state index contributed by atoms with van der Waals surface area (Å²) in [6.45, 7) is 2.21. The van der Waals surface area contributed by atoms with Crippen LogP contribution >= 0.6 is 0 Å². The zero-order valence-electron chi connectivity index (χ0n) is 13.5. The topological polar surface area (TPSA) is 23.8 Å². The van der Waals surface area contributed by atoms with Gasteiger partial charge in [-0.2, -0.15) is 9.65 Å². The molecule has 0 heterocycles. The highest BCUT2D eigenvalue weighted by Crippen LogP contribution is 2.33. The van der Waals surface area contributed by atoms with Crippen molar-refractivity contribution in [2.45, 2.75) is 58.3 Å². The van der Waals surface area contributed by atoms with Crippen LogP contribution < -0.4 is 0 Å². The van der Waals surface area contributed by atoms with Crippen LogP contribution in [0.15, 0.2) is 36.2 Å². The maximum atomic E-state index is 13.0. The van der Waals surface area contributed by atoms with Crippen molar-refractivity contribution in [2.24, 2.45) is 11.8 Å². The number of halogens is 1. The minimum atomic E-state index is -0.615. The van der Waals surface area contributed by atoms with Crippen LogP contribution in [0.1, 0.15) is 56.6 Å². The second-order valence-electron chi connectivity index (χ2n) is 6.51. The fraction of sp³-hybridized carbons (Fsp3) is 0.550. The third kappa shape index (κ3) is 5.30. The van der Waals surface area contributed by atoms with Gasteiger partial charge in [0, 0.05) is 0 Å². The minimum absolute atomic E-state index is 0.268. The van der Waals surface area contributed by atoms with Crippen molar-refractivity contribution in [1.82, 2.24) is 0 Å². The lowest BCUT2D eigenvalue weighted by Crippen LogP contribution is -2.14. The fourth-order valence-electron chi connectivity index (χ4n) is 3.42. The molecule has 22 heavy (non-hydrogen) atoms. The molecule has 0 N–H and O–H groups in total. The zero-order chi connectivity index (χ0) is 15.8. The van der Waals surface area contributed by atoms with E-state index < -0.39 is 5.83 Å². The van der Waals surface area contributed by atoms with E-state index in [1.54, 1.807) is 6.07 Å². The Hall–Kier alpha value is -1.62. The van der Waals surface area contributed by atoms with Gasteiger partial charge in [0.1, 0.15) is 6.07 Å². The second kappa shape index (κ2) is 8.73. The standard InChI is InChI=1S/C20H26FN/c1-2-3-16-4-6-17(7-5-16)8-9-18-10-12-19(13-11-18)14-20(21)15-22/h4-7,14,18-19H,2-3,8-13H2,1H3. The van der Waals surface area contributed by atoms with Crippen molar-refractivity contribution in [3.8, 4) is 6.07 Å². The fourth-order valence-corrected chi connectivity index (χ4v) is 3.42. The van der Waals surface area contributed by atoms with Crippen LogP contribution in [0.5, 0.6) is 0 Å². The van der Waals surface area contributed by atoms with Gasteiger partial charge in [0.05, 0.1) is 0 Å². The van der Waals surface area contributed by atoms with Crippen LogP contribution in [0.3, 0.4) is 0 Å². The molecule has 0 unspecified atom stereocenters. The van der Waals surface area contributed by atoms with E-state index in [-0.39, 0.29) is 5.92 Å². The quantitative estimate of drug-likeness (QED) is 0.613. The molecule has 0 atom stereocenters. The molecule has 1 aliphatic rings. The van der Waals surface area contributed by atoms with Crippen LogP contribution in [0.4, 0.5) is 4.39 Å². The Bertz CT molecular complexity index is 516. The molecule has 1 saturated carbocycles. The number of rotatable bonds is 6. The molecule has 1 fully saturated rings. The number of nitriles is 1. The molecule has 1 aliphatic carbocycles. The molecule has 1 aromatic rings. The molecular formula is C20H26FN. The first kappa shape index (κ1) is 16.7. The maximum absolute atomic E-state index is 13.0. The van der Waals surface area contributed by atoms with E-state index in [1.165, 1.54) is 30.0 Å². The van der Waals surface area contributed by atoms with Gasteiger partial charge < -0.3 is 0 Å². The van der Waals surface area contributed by atoms with Crippen LogP contribution in [0.25, 0.3) is 0 Å². The molecule has 0 amide bonds. The summed E-state index contributed by atoms with van der Waals surface area (Å²) >= 11 is 0. The van der Waals surface area contributed by atoms with Crippen molar-refractivity contribution in [3.05, 3.63) is 47.3 Å². The molecule has 0 spiro atoms. The van der Waals surface area contributed by atoms with E-state index in [2.05, 4.69) is 31.2 Å². The van der Waals surface area contributed by atoms with Gasteiger partial charge in [-0.25, -0.2) is 0 Å². The summed E-state index contributed by atoms with van der Waals surface area (Å²) in [7, 11) is 0. The summed E-state index contributed by atoms with van der Waals surface area (Å²) < 4.78 is 13.0. The highest BCUT2D eigenvalue weighted by Gasteiger charge is 2.20. The minimum Gasteiger partial charge on any atom is -0.195 e. The lowest BCUT2D eigenvalue weighted by Gasteiger charge is -2.26. The third-order valence-corrected chi connectivity index (χ3v) is 4.78. The predicted molar refractivity (Wildman–Crippen MR) is 89.0 cm³/mol. The number of hydrogen-bond acceptors (Lipinski definition) is 1. The monoisotopic (exact) mass is 299 g/mol. The average molecular weight is 299 g/mol. The van der Waals surface area contributed by atoms with Crippen molar-refractivity contribution in [2.75, 3.05) is 0 Å². The molecule has 0 aromatic heterocycles. The van der Waals surface area contributed by atoms with Gasteiger partial charge in [-0.05, 0) is 74.0 Å². The average Bonchev–Trinajstić information content (AvgIpc) is 2.56. The highest BCUT2D eigenvalue weighted by molar-refractivity contribution is 5.22. The Morgan fingerprint density at radius 2 is 1.73 bits per heavy atom. The zero-order valence-corrected chi connectivity index (χ0v) is 13.5. The number of nitrogens with zero attached hydrogens (tertiary/aromatic N) is 1. The summed E-state index contributed by atoms with van der Waals surface area (Å²) in [6.07, 6.45) is 10.6. The third-order valence-electron chi connectivity index (χ3n) is 4.78. The lowest BCUT2D eigenvalue weighted by molar-refractivity contribution is 0.294. The molecular weight excluding hydrogens is 273 g/mol. The summed E-state index contributed by atoms with van der Waals surface area (Å²) in [5, 5.41) is 8.49. The van der Waals surface area contributed by atoms with Crippen LogP contribution in [0, 0.1) is 23.2 Å². The van der Waals surface area contributed by atoms with Gasteiger partial charge >= 0.3 is 0 Å². The van der Waals surface area contributed by atoms with E-state index in [4.69, 9.17) is 5.26 Å². The molecule has 118 valence electrons. The molecule has 0 aliphatic heterocycles. The molecule has 0 saturated heterocycles. The van der Waals surface area contributed by atoms with Gasteiger partial charge in [-0.3, -0.25) is 0 Å². The Kier molecular flexibility index (Phi) is 6.65. The van der Waals surface area contributed by atoms with E-state index in [0.29, 0.717) is 0 Å². The normalized spacial score (nSPS) is 22.3. The lowest BCUT2D eigenvalue weighted by atomic mass is 9.79. The van der Waals surface area contributed by atoms with Gasteiger partial charge in [-0.1, -0.05) is 37.6 Å². The van der Waals surface area contributed by atoms with E-state index in [0.717, 1.165) is 44.4 Å². The first-order chi connectivity index (χ1) is 10.7.